The first-order chi connectivity index (χ1) is 11.0. The molecule has 2 aromatic rings. The molecule has 1 heterocycles. The van der Waals surface area contributed by atoms with E-state index in [-0.39, 0.29) is 29.7 Å². The fraction of sp³-hybridized carbons (Fsp3) is 0.312. The topological polar surface area (TPSA) is 61.6 Å². The Kier molecular flexibility index (Phi) is 8.72. The van der Waals surface area contributed by atoms with Crippen molar-refractivity contribution in [1.29, 1.82) is 0 Å². The lowest BCUT2D eigenvalue weighted by molar-refractivity contribution is 0.474. The van der Waals surface area contributed by atoms with E-state index in [2.05, 4.69) is 15.6 Å². The third-order valence-electron chi connectivity index (χ3n) is 3.33. The SMILES string of the molecule is CCNC(=NCc1cccc(O)c1)NCc1cc(Cl)c(Cl)n1C.I. The van der Waals surface area contributed by atoms with Crippen molar-refractivity contribution in [2.24, 2.45) is 12.0 Å². The van der Waals surface area contributed by atoms with Crippen molar-refractivity contribution in [2.45, 2.75) is 20.0 Å². The van der Waals surface area contributed by atoms with Gasteiger partial charge in [-0.3, -0.25) is 0 Å². The molecule has 24 heavy (non-hydrogen) atoms. The molecule has 3 N–H and O–H groups in total. The number of rotatable bonds is 5. The maximum Gasteiger partial charge on any atom is 0.191 e. The molecule has 0 spiro atoms. The van der Waals surface area contributed by atoms with Crippen molar-refractivity contribution >= 4 is 53.1 Å². The molecule has 8 heteroatoms. The summed E-state index contributed by atoms with van der Waals surface area (Å²) in [6, 6.07) is 8.89. The van der Waals surface area contributed by atoms with Gasteiger partial charge in [-0.1, -0.05) is 35.3 Å². The molecular weight excluding hydrogens is 462 g/mol. The highest BCUT2D eigenvalue weighted by Gasteiger charge is 2.09. The lowest BCUT2D eigenvalue weighted by Crippen LogP contribution is -2.37. The van der Waals surface area contributed by atoms with E-state index >= 15 is 0 Å². The van der Waals surface area contributed by atoms with E-state index in [0.717, 1.165) is 17.8 Å². The second-order valence-electron chi connectivity index (χ2n) is 5.05. The number of guanidine groups is 1. The molecule has 2 rings (SSSR count). The van der Waals surface area contributed by atoms with E-state index in [0.29, 0.717) is 29.2 Å². The second-order valence-corrected chi connectivity index (χ2v) is 5.82. The summed E-state index contributed by atoms with van der Waals surface area (Å²) in [6.45, 7) is 3.77. The number of hydrogen-bond acceptors (Lipinski definition) is 2. The number of nitrogens with zero attached hydrogens (tertiary/aromatic N) is 2. The summed E-state index contributed by atoms with van der Waals surface area (Å²) >= 11 is 12.1. The molecule has 0 saturated heterocycles. The number of aromatic nitrogens is 1. The first-order valence-corrected chi connectivity index (χ1v) is 8.06. The minimum atomic E-state index is 0. The lowest BCUT2D eigenvalue weighted by atomic mass is 10.2. The van der Waals surface area contributed by atoms with Crippen LogP contribution in [0.15, 0.2) is 35.3 Å². The molecule has 0 saturated carbocycles. The highest BCUT2D eigenvalue weighted by Crippen LogP contribution is 2.24. The van der Waals surface area contributed by atoms with Crippen LogP contribution >= 0.6 is 47.2 Å². The maximum atomic E-state index is 9.49. The third-order valence-corrected chi connectivity index (χ3v) is 4.17. The molecule has 0 aliphatic carbocycles. The smallest absolute Gasteiger partial charge is 0.191 e. The fourth-order valence-corrected chi connectivity index (χ4v) is 2.52. The zero-order chi connectivity index (χ0) is 16.8. The summed E-state index contributed by atoms with van der Waals surface area (Å²) in [5, 5.41) is 17.0. The molecule has 0 atom stereocenters. The van der Waals surface area contributed by atoms with Crippen LogP contribution in [0, 0.1) is 0 Å². The highest BCUT2D eigenvalue weighted by molar-refractivity contribution is 14.0. The highest BCUT2D eigenvalue weighted by atomic mass is 127. The van der Waals surface area contributed by atoms with Crippen molar-refractivity contribution in [3.05, 3.63) is 51.8 Å². The summed E-state index contributed by atoms with van der Waals surface area (Å²) in [7, 11) is 1.86. The molecule has 0 unspecified atom stereocenters. The first kappa shape index (κ1) is 20.9. The molecule has 132 valence electrons. The van der Waals surface area contributed by atoms with Crippen LogP contribution in [-0.2, 0) is 20.1 Å². The van der Waals surface area contributed by atoms with Crippen LogP contribution in [0.25, 0.3) is 0 Å². The molecule has 0 amide bonds. The minimum absolute atomic E-state index is 0. The predicted octanol–water partition coefficient (Wildman–Crippen LogP) is 3.91. The summed E-state index contributed by atoms with van der Waals surface area (Å²) < 4.78 is 1.83. The quantitative estimate of drug-likeness (QED) is 0.344. The predicted molar refractivity (Wildman–Crippen MR) is 111 cm³/mol. The van der Waals surface area contributed by atoms with Gasteiger partial charge in [0.25, 0.3) is 0 Å². The average Bonchev–Trinajstić information content (AvgIpc) is 2.77. The largest absolute Gasteiger partial charge is 0.508 e. The van der Waals surface area contributed by atoms with E-state index in [1.54, 1.807) is 18.2 Å². The van der Waals surface area contributed by atoms with Crippen molar-refractivity contribution in [1.82, 2.24) is 15.2 Å². The van der Waals surface area contributed by atoms with Gasteiger partial charge in [-0.2, -0.15) is 0 Å². The summed E-state index contributed by atoms with van der Waals surface area (Å²) in [5.41, 5.74) is 1.90. The molecule has 5 nitrogen and oxygen atoms in total. The molecular formula is C16H21Cl2IN4O. The van der Waals surface area contributed by atoms with E-state index in [9.17, 15) is 5.11 Å². The van der Waals surface area contributed by atoms with Gasteiger partial charge >= 0.3 is 0 Å². The van der Waals surface area contributed by atoms with Gasteiger partial charge in [0.1, 0.15) is 10.9 Å². The Morgan fingerprint density at radius 2 is 2.00 bits per heavy atom. The lowest BCUT2D eigenvalue weighted by Gasteiger charge is -2.12. The number of phenols is 1. The number of nitrogens with one attached hydrogen (secondary N) is 2. The second kappa shape index (κ2) is 10.0. The molecule has 0 aliphatic heterocycles. The number of aromatic hydroxyl groups is 1. The summed E-state index contributed by atoms with van der Waals surface area (Å²) in [4.78, 5) is 4.51. The zero-order valence-corrected chi connectivity index (χ0v) is 17.4. The average molecular weight is 483 g/mol. The van der Waals surface area contributed by atoms with Crippen LogP contribution < -0.4 is 10.6 Å². The third kappa shape index (κ3) is 5.75. The Bertz CT molecular complexity index is 703. The van der Waals surface area contributed by atoms with Crippen molar-refractivity contribution in [2.75, 3.05) is 6.54 Å². The van der Waals surface area contributed by atoms with Crippen molar-refractivity contribution in [3.63, 3.8) is 0 Å². The van der Waals surface area contributed by atoms with E-state index in [1.807, 2.05) is 30.7 Å². The maximum absolute atomic E-state index is 9.49. The number of aliphatic imine (C=N–C) groups is 1. The molecule has 0 aliphatic rings. The number of halogens is 3. The van der Waals surface area contributed by atoms with Crippen LogP contribution in [0.5, 0.6) is 5.75 Å². The Balaban J connectivity index is 0.00000288. The number of hydrogen-bond donors (Lipinski definition) is 3. The zero-order valence-electron chi connectivity index (χ0n) is 13.5. The van der Waals surface area contributed by atoms with Gasteiger partial charge in [0.05, 0.1) is 18.1 Å². The molecule has 0 fully saturated rings. The Labute approximate surface area is 169 Å². The molecule has 0 radical (unpaired) electrons. The Morgan fingerprint density at radius 3 is 2.58 bits per heavy atom. The summed E-state index contributed by atoms with van der Waals surface area (Å²) in [6.07, 6.45) is 0. The van der Waals surface area contributed by atoms with Gasteiger partial charge in [-0.15, -0.1) is 24.0 Å². The first-order valence-electron chi connectivity index (χ1n) is 7.31. The van der Waals surface area contributed by atoms with Gasteiger partial charge in [0.2, 0.25) is 0 Å². The van der Waals surface area contributed by atoms with Gasteiger partial charge < -0.3 is 20.3 Å². The molecule has 1 aromatic heterocycles. The van der Waals surface area contributed by atoms with Crippen molar-refractivity contribution in [3.8, 4) is 5.75 Å². The van der Waals surface area contributed by atoms with E-state index < -0.39 is 0 Å². The normalized spacial score (nSPS) is 11.1. The van der Waals surface area contributed by atoms with Gasteiger partial charge in [-0.25, -0.2) is 4.99 Å². The minimum Gasteiger partial charge on any atom is -0.508 e. The molecule has 1 aromatic carbocycles. The monoisotopic (exact) mass is 482 g/mol. The van der Waals surface area contributed by atoms with Crippen LogP contribution in [0.3, 0.4) is 0 Å². The Morgan fingerprint density at radius 1 is 1.25 bits per heavy atom. The van der Waals surface area contributed by atoms with E-state index in [1.165, 1.54) is 0 Å². The molecule has 0 bridgehead atoms. The van der Waals surface area contributed by atoms with Crippen molar-refractivity contribution < 1.29 is 5.11 Å². The van der Waals surface area contributed by atoms with Crippen LogP contribution in [0.2, 0.25) is 10.2 Å². The van der Waals surface area contributed by atoms with Gasteiger partial charge in [-0.05, 0) is 30.7 Å². The van der Waals surface area contributed by atoms with Crippen LogP contribution in [-0.4, -0.2) is 22.2 Å². The number of phenolic OH excluding ortho intramolecular Hbond substituents is 1. The summed E-state index contributed by atoms with van der Waals surface area (Å²) in [5.74, 6) is 0.924. The van der Waals surface area contributed by atoms with Gasteiger partial charge in [0, 0.05) is 19.3 Å². The number of benzene rings is 1. The Hall–Kier alpha value is -1.12. The van der Waals surface area contributed by atoms with Gasteiger partial charge in [0.15, 0.2) is 5.96 Å². The van der Waals surface area contributed by atoms with Crippen LogP contribution in [0.1, 0.15) is 18.2 Å². The fourth-order valence-electron chi connectivity index (χ4n) is 2.10. The van der Waals surface area contributed by atoms with E-state index in [4.69, 9.17) is 23.2 Å². The standard InChI is InChI=1S/C16H20Cl2N4O.HI/c1-3-19-16(20-9-11-5-4-6-13(23)7-11)21-10-12-8-14(17)15(18)22(12)2;/h4-8,23H,3,9-10H2,1-2H3,(H2,19,20,21);1H. The van der Waals surface area contributed by atoms with Crippen LogP contribution in [0.4, 0.5) is 0 Å².